The van der Waals surface area contributed by atoms with Gasteiger partial charge in [0.2, 0.25) is 5.91 Å². The molecule has 0 aromatic heterocycles. The number of thioether (sulfide) groups is 1. The average Bonchev–Trinajstić information content (AvgIpc) is 3.07. The van der Waals surface area contributed by atoms with Gasteiger partial charge in [-0.05, 0) is 19.3 Å². The standard InChI is InChI=1S/C36H71N2O10PS/c1-3-5-7-9-11-13-15-17-19-21-32(39)23-24-33(48-35(40)22-20-18-16-14-12-10-8-6-4-2)29-50-30-34(37)36(41)38-31-47-46-26-25-45-27-28-49(42,43)44/h33-34H,3-31,37H2,1-2H3,(H,38,41)(H2,42,43,44)/t33-,34+/m1/s1. The first-order valence-corrected chi connectivity index (χ1v) is 22.2. The molecular weight excluding hydrogens is 683 g/mol. The zero-order valence-corrected chi connectivity index (χ0v) is 33.0. The monoisotopic (exact) mass is 754 g/mol. The summed E-state index contributed by atoms with van der Waals surface area (Å²) < 4.78 is 21.6. The number of nitrogens with two attached hydrogens (primary N) is 1. The maximum atomic E-state index is 12.7. The van der Waals surface area contributed by atoms with Gasteiger partial charge in [-0.25, -0.2) is 9.78 Å². The number of rotatable bonds is 38. The highest BCUT2D eigenvalue weighted by atomic mass is 32.2. The zero-order valence-electron chi connectivity index (χ0n) is 31.3. The van der Waals surface area contributed by atoms with Crippen molar-refractivity contribution >= 4 is 37.0 Å². The lowest BCUT2D eigenvalue weighted by Crippen LogP contribution is -2.43. The summed E-state index contributed by atoms with van der Waals surface area (Å²) in [4.78, 5) is 64.9. The zero-order chi connectivity index (χ0) is 37.1. The molecule has 12 nitrogen and oxygen atoms in total. The molecule has 0 fully saturated rings. The normalized spacial score (nSPS) is 12.9. The topological polar surface area (TPSA) is 184 Å². The average molecular weight is 755 g/mol. The minimum Gasteiger partial charge on any atom is -0.461 e. The van der Waals surface area contributed by atoms with Crippen LogP contribution in [0.25, 0.3) is 0 Å². The predicted octanol–water partition coefficient (Wildman–Crippen LogP) is 7.37. The van der Waals surface area contributed by atoms with E-state index in [-0.39, 0.29) is 44.5 Å². The lowest BCUT2D eigenvalue weighted by Gasteiger charge is -2.19. The lowest BCUT2D eigenvalue weighted by molar-refractivity contribution is -0.302. The molecule has 0 aliphatic heterocycles. The van der Waals surface area contributed by atoms with Crippen LogP contribution in [0.5, 0.6) is 0 Å². The van der Waals surface area contributed by atoms with E-state index in [1.54, 1.807) is 0 Å². The van der Waals surface area contributed by atoms with Crippen molar-refractivity contribution in [1.29, 1.82) is 0 Å². The second kappa shape index (κ2) is 35.0. The van der Waals surface area contributed by atoms with E-state index >= 15 is 0 Å². The summed E-state index contributed by atoms with van der Waals surface area (Å²) in [6.07, 6.45) is 22.3. The van der Waals surface area contributed by atoms with Crippen LogP contribution in [0.15, 0.2) is 0 Å². The van der Waals surface area contributed by atoms with Gasteiger partial charge in [0.05, 0.1) is 25.4 Å². The van der Waals surface area contributed by atoms with Crippen molar-refractivity contribution in [3.8, 4) is 0 Å². The Balaban J connectivity index is 4.44. The van der Waals surface area contributed by atoms with E-state index in [1.807, 2.05) is 0 Å². The van der Waals surface area contributed by atoms with E-state index in [0.717, 1.165) is 32.1 Å². The summed E-state index contributed by atoms with van der Waals surface area (Å²) in [7, 11) is -4.10. The van der Waals surface area contributed by atoms with Crippen LogP contribution >= 0.6 is 19.4 Å². The van der Waals surface area contributed by atoms with E-state index in [1.165, 1.54) is 95.2 Å². The fourth-order valence-electron chi connectivity index (χ4n) is 5.19. The van der Waals surface area contributed by atoms with Crippen molar-refractivity contribution in [1.82, 2.24) is 5.32 Å². The Kier molecular flexibility index (Phi) is 34.3. The summed E-state index contributed by atoms with van der Waals surface area (Å²) in [5, 5.41) is 2.51. The van der Waals surface area contributed by atoms with Crippen molar-refractivity contribution < 1.29 is 48.0 Å². The minimum absolute atomic E-state index is 0.0138. The third-order valence-electron chi connectivity index (χ3n) is 8.25. The summed E-state index contributed by atoms with van der Waals surface area (Å²) in [5.74, 6) is 0.255. The van der Waals surface area contributed by atoms with Crippen LogP contribution in [0.1, 0.15) is 155 Å². The van der Waals surface area contributed by atoms with Crippen LogP contribution in [-0.2, 0) is 38.2 Å². The highest BCUT2D eigenvalue weighted by molar-refractivity contribution is 7.99. The molecule has 0 aliphatic carbocycles. The molecule has 0 saturated carbocycles. The summed E-state index contributed by atoms with van der Waals surface area (Å²) in [6.45, 7) is 4.18. The largest absolute Gasteiger partial charge is 0.461 e. The van der Waals surface area contributed by atoms with Crippen LogP contribution < -0.4 is 11.1 Å². The number of ether oxygens (including phenoxy) is 2. The maximum Gasteiger partial charge on any atom is 0.327 e. The third-order valence-corrected chi connectivity index (χ3v) is 10.2. The molecule has 1 amide bonds. The highest BCUT2D eigenvalue weighted by Crippen LogP contribution is 2.33. The van der Waals surface area contributed by atoms with Crippen molar-refractivity contribution in [3.63, 3.8) is 0 Å². The van der Waals surface area contributed by atoms with Crippen LogP contribution in [0.3, 0.4) is 0 Å². The Morgan fingerprint density at radius 2 is 1.24 bits per heavy atom. The number of esters is 1. The molecule has 14 heteroatoms. The van der Waals surface area contributed by atoms with Crippen molar-refractivity contribution in [3.05, 3.63) is 0 Å². The van der Waals surface area contributed by atoms with Gasteiger partial charge in [-0.1, -0.05) is 117 Å². The fraction of sp³-hybridized carbons (Fsp3) is 0.917. The molecule has 0 heterocycles. The van der Waals surface area contributed by atoms with Crippen LogP contribution in [0.2, 0.25) is 0 Å². The molecule has 0 aliphatic rings. The Morgan fingerprint density at radius 3 is 1.80 bits per heavy atom. The number of amides is 1. The Morgan fingerprint density at radius 1 is 0.700 bits per heavy atom. The molecule has 50 heavy (non-hydrogen) atoms. The smallest absolute Gasteiger partial charge is 0.327 e. The molecule has 0 bridgehead atoms. The first kappa shape index (κ1) is 49.0. The Labute approximate surface area is 306 Å². The molecule has 5 N–H and O–H groups in total. The van der Waals surface area contributed by atoms with Gasteiger partial charge in [0.15, 0.2) is 6.73 Å². The molecular formula is C36H71N2O10PS. The lowest BCUT2D eigenvalue weighted by atomic mass is 10.0. The van der Waals surface area contributed by atoms with Gasteiger partial charge in [-0.3, -0.25) is 18.9 Å². The number of nitrogens with one attached hydrogen (secondary N) is 1. The van der Waals surface area contributed by atoms with E-state index in [0.29, 0.717) is 37.2 Å². The number of ketones is 1. The molecule has 0 aromatic carbocycles. The second-order valence-electron chi connectivity index (χ2n) is 13.1. The number of unbranched alkanes of at least 4 members (excludes halogenated alkanes) is 16. The quantitative estimate of drug-likeness (QED) is 0.0123. The van der Waals surface area contributed by atoms with E-state index in [2.05, 4.69) is 19.2 Å². The summed E-state index contributed by atoms with van der Waals surface area (Å²) in [5.41, 5.74) is 6.04. The van der Waals surface area contributed by atoms with E-state index in [9.17, 15) is 18.9 Å². The molecule has 2 atom stereocenters. The van der Waals surface area contributed by atoms with Gasteiger partial charge in [0.25, 0.3) is 0 Å². The highest BCUT2D eigenvalue weighted by Gasteiger charge is 2.19. The van der Waals surface area contributed by atoms with Gasteiger partial charge in [0, 0.05) is 30.8 Å². The number of carbonyl (C=O) groups is 3. The first-order chi connectivity index (χ1) is 24.1. The van der Waals surface area contributed by atoms with Crippen LogP contribution in [0.4, 0.5) is 0 Å². The van der Waals surface area contributed by atoms with Crippen LogP contribution in [-0.4, -0.2) is 83.8 Å². The van der Waals surface area contributed by atoms with Crippen molar-refractivity contribution in [2.24, 2.45) is 5.73 Å². The third kappa shape index (κ3) is 35.4. The minimum atomic E-state index is -4.10. The van der Waals surface area contributed by atoms with Crippen molar-refractivity contribution in [2.75, 3.05) is 44.2 Å². The van der Waals surface area contributed by atoms with Gasteiger partial charge >= 0.3 is 13.6 Å². The van der Waals surface area contributed by atoms with Gasteiger partial charge in [0.1, 0.15) is 18.5 Å². The summed E-state index contributed by atoms with van der Waals surface area (Å²) >= 11 is 1.41. The van der Waals surface area contributed by atoms with Crippen LogP contribution in [0, 0.1) is 0 Å². The van der Waals surface area contributed by atoms with Crippen molar-refractivity contribution in [2.45, 2.75) is 167 Å². The fourth-order valence-corrected chi connectivity index (χ4v) is 6.60. The second-order valence-corrected chi connectivity index (χ2v) is 16.0. The van der Waals surface area contributed by atoms with Gasteiger partial charge in [-0.15, -0.1) is 0 Å². The van der Waals surface area contributed by atoms with E-state index < -0.39 is 25.6 Å². The summed E-state index contributed by atoms with van der Waals surface area (Å²) in [6, 6.07) is -0.828. The molecule has 296 valence electrons. The molecule has 0 saturated heterocycles. The molecule has 0 unspecified atom stereocenters. The number of hydrogen-bond donors (Lipinski definition) is 4. The van der Waals surface area contributed by atoms with Gasteiger partial charge < -0.3 is 30.3 Å². The number of hydrogen-bond acceptors (Lipinski definition) is 10. The number of carbonyl (C=O) groups excluding carboxylic acids is 3. The maximum absolute atomic E-state index is 12.7. The first-order valence-electron chi connectivity index (χ1n) is 19.3. The predicted molar refractivity (Wildman–Crippen MR) is 201 cm³/mol. The SMILES string of the molecule is CCCCCCCCCCCC(=O)CC[C@H](CSC[C@H](N)C(=O)NCOOCCOCCP(=O)(O)O)OC(=O)CCCCCCCCCCC. The van der Waals surface area contributed by atoms with Gasteiger partial charge in [-0.2, -0.15) is 11.8 Å². The molecule has 0 radical (unpaired) electrons. The molecule has 0 aromatic rings. The Hall–Kier alpha value is -1.05. The molecule has 0 rings (SSSR count). The molecule has 0 spiro atoms. The Bertz CT molecular complexity index is 880. The van der Waals surface area contributed by atoms with E-state index in [4.69, 9.17) is 34.8 Å². The number of Topliss-reactive ketones (excluding diaryl/α,β-unsaturated/α-hetero) is 1.